The fourth-order valence-corrected chi connectivity index (χ4v) is 1.16. The molecule has 2 atom stereocenters. The van der Waals surface area contributed by atoms with Crippen LogP contribution in [0.3, 0.4) is 0 Å². The zero-order valence-corrected chi connectivity index (χ0v) is 7.64. The SMILES string of the molecule is Cc1[nH]ncc1C(O)C(O)CC(=O)O. The summed E-state index contributed by atoms with van der Waals surface area (Å²) in [5.41, 5.74) is 1.03. The van der Waals surface area contributed by atoms with Crippen LogP contribution in [-0.2, 0) is 4.79 Å². The van der Waals surface area contributed by atoms with Crippen LogP contribution in [-0.4, -0.2) is 37.6 Å². The molecule has 0 radical (unpaired) electrons. The number of carbonyl (C=O) groups is 1. The van der Waals surface area contributed by atoms with Crippen molar-refractivity contribution >= 4 is 5.97 Å². The van der Waals surface area contributed by atoms with Gasteiger partial charge >= 0.3 is 5.97 Å². The van der Waals surface area contributed by atoms with Crippen molar-refractivity contribution in [3.8, 4) is 0 Å². The lowest BCUT2D eigenvalue weighted by atomic mass is 10.0. The van der Waals surface area contributed by atoms with Crippen molar-refractivity contribution in [1.29, 1.82) is 0 Å². The molecule has 78 valence electrons. The van der Waals surface area contributed by atoms with E-state index in [9.17, 15) is 15.0 Å². The summed E-state index contributed by atoms with van der Waals surface area (Å²) in [5.74, 6) is -1.15. The number of hydrogen-bond acceptors (Lipinski definition) is 4. The fraction of sp³-hybridized carbons (Fsp3) is 0.500. The Bertz CT molecular complexity index is 323. The van der Waals surface area contributed by atoms with Crippen molar-refractivity contribution in [2.75, 3.05) is 0 Å². The molecular formula is C8H12N2O4. The maximum Gasteiger partial charge on any atom is 0.306 e. The van der Waals surface area contributed by atoms with Gasteiger partial charge in [-0.1, -0.05) is 0 Å². The molecule has 0 saturated heterocycles. The van der Waals surface area contributed by atoms with E-state index >= 15 is 0 Å². The van der Waals surface area contributed by atoms with Crippen LogP contribution >= 0.6 is 0 Å². The number of aliphatic carboxylic acids is 1. The van der Waals surface area contributed by atoms with Gasteiger partial charge in [0, 0.05) is 11.3 Å². The van der Waals surface area contributed by atoms with Gasteiger partial charge in [-0.3, -0.25) is 9.89 Å². The molecule has 6 heteroatoms. The normalized spacial score (nSPS) is 15.1. The largest absolute Gasteiger partial charge is 0.481 e. The van der Waals surface area contributed by atoms with E-state index in [1.807, 2.05) is 0 Å². The molecule has 0 fully saturated rings. The highest BCUT2D eigenvalue weighted by Gasteiger charge is 2.23. The average molecular weight is 200 g/mol. The highest BCUT2D eigenvalue weighted by molar-refractivity contribution is 5.67. The minimum Gasteiger partial charge on any atom is -0.481 e. The van der Waals surface area contributed by atoms with E-state index in [2.05, 4.69) is 10.2 Å². The molecular weight excluding hydrogens is 188 g/mol. The lowest BCUT2D eigenvalue weighted by Gasteiger charge is -2.15. The van der Waals surface area contributed by atoms with Gasteiger partial charge in [0.1, 0.15) is 6.10 Å². The van der Waals surface area contributed by atoms with E-state index in [1.165, 1.54) is 6.20 Å². The van der Waals surface area contributed by atoms with Gasteiger partial charge < -0.3 is 15.3 Å². The molecule has 1 aromatic heterocycles. The van der Waals surface area contributed by atoms with Crippen molar-refractivity contribution < 1.29 is 20.1 Å². The fourth-order valence-electron chi connectivity index (χ4n) is 1.16. The standard InChI is InChI=1S/C8H12N2O4/c1-4-5(3-9-10-4)8(14)6(11)2-7(12)13/h3,6,8,11,14H,2H2,1H3,(H,9,10)(H,12,13). The second kappa shape index (κ2) is 4.21. The van der Waals surface area contributed by atoms with E-state index in [0.29, 0.717) is 11.3 Å². The van der Waals surface area contributed by atoms with Crippen molar-refractivity contribution in [3.05, 3.63) is 17.5 Å². The van der Waals surface area contributed by atoms with Crippen LogP contribution in [0.1, 0.15) is 23.8 Å². The minimum atomic E-state index is -1.32. The minimum absolute atomic E-state index is 0.416. The van der Waals surface area contributed by atoms with E-state index in [0.717, 1.165) is 0 Å². The first-order valence-electron chi connectivity index (χ1n) is 4.10. The first kappa shape index (κ1) is 10.7. The summed E-state index contributed by atoms with van der Waals surface area (Å²) >= 11 is 0. The molecule has 0 aromatic carbocycles. The van der Waals surface area contributed by atoms with Gasteiger partial charge in [-0.15, -0.1) is 0 Å². The van der Waals surface area contributed by atoms with Crippen LogP contribution in [0.4, 0.5) is 0 Å². The Labute approximate surface area is 80.2 Å². The molecule has 0 saturated carbocycles. The number of rotatable bonds is 4. The molecule has 14 heavy (non-hydrogen) atoms. The molecule has 0 spiro atoms. The number of aromatic amines is 1. The Morgan fingerprint density at radius 3 is 2.71 bits per heavy atom. The van der Waals surface area contributed by atoms with Crippen LogP contribution in [0.2, 0.25) is 0 Å². The molecule has 2 unspecified atom stereocenters. The zero-order valence-electron chi connectivity index (χ0n) is 7.64. The Balaban J connectivity index is 2.70. The molecule has 0 aliphatic rings. The Kier molecular flexibility index (Phi) is 3.21. The number of aliphatic hydroxyl groups is 2. The number of nitrogens with zero attached hydrogens (tertiary/aromatic N) is 1. The summed E-state index contributed by atoms with van der Waals surface area (Å²) in [6, 6.07) is 0. The van der Waals surface area contributed by atoms with E-state index < -0.39 is 24.6 Å². The van der Waals surface area contributed by atoms with Crippen LogP contribution in [0.25, 0.3) is 0 Å². The monoisotopic (exact) mass is 200 g/mol. The number of aromatic nitrogens is 2. The maximum atomic E-state index is 10.3. The van der Waals surface area contributed by atoms with E-state index in [-0.39, 0.29) is 0 Å². The van der Waals surface area contributed by atoms with Crippen molar-refractivity contribution in [3.63, 3.8) is 0 Å². The van der Waals surface area contributed by atoms with Crippen molar-refractivity contribution in [2.24, 2.45) is 0 Å². The van der Waals surface area contributed by atoms with E-state index in [4.69, 9.17) is 5.11 Å². The van der Waals surface area contributed by atoms with Gasteiger partial charge in [-0.25, -0.2) is 0 Å². The molecule has 4 N–H and O–H groups in total. The topological polar surface area (TPSA) is 106 Å². The Hall–Kier alpha value is -1.40. The van der Waals surface area contributed by atoms with Crippen molar-refractivity contribution in [2.45, 2.75) is 25.6 Å². The van der Waals surface area contributed by atoms with Crippen LogP contribution < -0.4 is 0 Å². The Morgan fingerprint density at radius 1 is 1.64 bits per heavy atom. The third kappa shape index (κ3) is 2.30. The maximum absolute atomic E-state index is 10.3. The third-order valence-electron chi connectivity index (χ3n) is 1.94. The molecule has 0 aliphatic heterocycles. The third-order valence-corrected chi connectivity index (χ3v) is 1.94. The first-order chi connectivity index (χ1) is 6.52. The highest BCUT2D eigenvalue weighted by atomic mass is 16.4. The number of aliphatic hydroxyl groups excluding tert-OH is 2. The molecule has 1 heterocycles. The lowest BCUT2D eigenvalue weighted by molar-refractivity contribution is -0.141. The summed E-state index contributed by atoms with van der Waals surface area (Å²) in [5, 5.41) is 33.5. The van der Waals surface area contributed by atoms with Gasteiger partial charge in [0.2, 0.25) is 0 Å². The molecule has 6 nitrogen and oxygen atoms in total. The summed E-state index contributed by atoms with van der Waals surface area (Å²) in [6.45, 7) is 1.68. The molecule has 0 bridgehead atoms. The highest BCUT2D eigenvalue weighted by Crippen LogP contribution is 2.20. The number of nitrogens with one attached hydrogen (secondary N) is 1. The summed E-state index contributed by atoms with van der Waals surface area (Å²) in [7, 11) is 0. The predicted octanol–water partition coefficient (Wildman–Crippen LogP) is -0.413. The van der Waals surface area contributed by atoms with Gasteiger partial charge in [0.15, 0.2) is 0 Å². The van der Waals surface area contributed by atoms with Gasteiger partial charge in [0.05, 0.1) is 18.7 Å². The second-order valence-corrected chi connectivity index (χ2v) is 3.06. The Morgan fingerprint density at radius 2 is 2.29 bits per heavy atom. The molecule has 1 aromatic rings. The molecule has 1 rings (SSSR count). The van der Waals surface area contributed by atoms with E-state index in [1.54, 1.807) is 6.92 Å². The summed E-state index contributed by atoms with van der Waals surface area (Å²) in [4.78, 5) is 10.3. The van der Waals surface area contributed by atoms with Crippen LogP contribution in [0.5, 0.6) is 0 Å². The number of H-pyrrole nitrogens is 1. The average Bonchev–Trinajstić information content (AvgIpc) is 2.48. The smallest absolute Gasteiger partial charge is 0.306 e. The number of carboxylic acid groups (broad SMARTS) is 1. The quantitative estimate of drug-likeness (QED) is 0.528. The molecule has 0 aliphatic carbocycles. The summed E-state index contributed by atoms with van der Waals surface area (Å²) in [6.07, 6.45) is -1.66. The van der Waals surface area contributed by atoms with Crippen LogP contribution in [0.15, 0.2) is 6.20 Å². The second-order valence-electron chi connectivity index (χ2n) is 3.06. The zero-order chi connectivity index (χ0) is 10.7. The van der Waals surface area contributed by atoms with Gasteiger partial charge in [0.25, 0.3) is 0 Å². The summed E-state index contributed by atoms with van der Waals surface area (Å²) < 4.78 is 0. The number of hydrogen-bond donors (Lipinski definition) is 4. The predicted molar refractivity (Wildman–Crippen MR) is 46.5 cm³/mol. The first-order valence-corrected chi connectivity index (χ1v) is 4.10. The number of carboxylic acids is 1. The number of aryl methyl sites for hydroxylation is 1. The van der Waals surface area contributed by atoms with Crippen molar-refractivity contribution in [1.82, 2.24) is 10.2 Å². The lowest BCUT2D eigenvalue weighted by Crippen LogP contribution is -2.21. The van der Waals surface area contributed by atoms with Crippen LogP contribution in [0, 0.1) is 6.92 Å². The van der Waals surface area contributed by atoms with Gasteiger partial charge in [-0.05, 0) is 6.92 Å². The molecule has 0 amide bonds. The van der Waals surface area contributed by atoms with Gasteiger partial charge in [-0.2, -0.15) is 5.10 Å².